The molecule has 0 spiro atoms. The predicted octanol–water partition coefficient (Wildman–Crippen LogP) is 3.49. The molecule has 142 valence electrons. The van der Waals surface area contributed by atoms with E-state index >= 15 is 0 Å². The van der Waals surface area contributed by atoms with Crippen LogP contribution in [-0.2, 0) is 18.3 Å². The highest BCUT2D eigenvalue weighted by atomic mass is 16.5. The highest BCUT2D eigenvalue weighted by molar-refractivity contribution is 5.89. The Morgan fingerprint density at radius 3 is 2.89 bits per heavy atom. The number of aryl methyl sites for hydroxylation is 1. The molecule has 1 atom stereocenters. The van der Waals surface area contributed by atoms with Gasteiger partial charge in [-0.15, -0.1) is 0 Å². The van der Waals surface area contributed by atoms with Crippen molar-refractivity contribution in [3.63, 3.8) is 0 Å². The fourth-order valence-electron chi connectivity index (χ4n) is 3.16. The summed E-state index contributed by atoms with van der Waals surface area (Å²) < 4.78 is 18.1. The maximum atomic E-state index is 12.9. The van der Waals surface area contributed by atoms with Crippen LogP contribution in [0.5, 0.6) is 0 Å². The monoisotopic (exact) mass is 370 g/mol. The number of urea groups is 1. The molecule has 0 saturated carbocycles. The van der Waals surface area contributed by atoms with Crippen LogP contribution in [0.15, 0.2) is 51.7 Å². The van der Waals surface area contributed by atoms with Gasteiger partial charge >= 0.3 is 6.03 Å². The van der Waals surface area contributed by atoms with Crippen molar-refractivity contribution in [1.29, 1.82) is 0 Å². The van der Waals surface area contributed by atoms with Crippen molar-refractivity contribution in [2.45, 2.75) is 25.5 Å². The van der Waals surface area contributed by atoms with Gasteiger partial charge in [0.2, 0.25) is 0 Å². The molecule has 0 aromatic carbocycles. The number of amides is 2. The molecular weight excluding hydrogens is 348 g/mol. The molecule has 2 amide bonds. The molecule has 1 unspecified atom stereocenters. The minimum atomic E-state index is -0.226. The second-order valence-electron chi connectivity index (χ2n) is 6.54. The summed E-state index contributed by atoms with van der Waals surface area (Å²) in [7, 11) is 1.78. The Labute approximate surface area is 156 Å². The average Bonchev–Trinajstić information content (AvgIpc) is 3.44. The molecule has 1 fully saturated rings. The number of rotatable bonds is 6. The lowest BCUT2D eigenvalue weighted by Gasteiger charge is -2.24. The Bertz CT molecular complexity index is 864. The Morgan fingerprint density at radius 2 is 2.19 bits per heavy atom. The van der Waals surface area contributed by atoms with Gasteiger partial charge in [-0.05, 0) is 37.1 Å². The highest BCUT2D eigenvalue weighted by Gasteiger charge is 2.24. The van der Waals surface area contributed by atoms with E-state index in [0.29, 0.717) is 30.4 Å². The van der Waals surface area contributed by atoms with Gasteiger partial charge in [0.05, 0.1) is 25.2 Å². The molecule has 0 aliphatic carbocycles. The summed E-state index contributed by atoms with van der Waals surface area (Å²) in [5.41, 5.74) is 0.662. The van der Waals surface area contributed by atoms with Crippen LogP contribution in [0.1, 0.15) is 18.6 Å². The molecule has 1 aliphatic rings. The zero-order valence-electron chi connectivity index (χ0n) is 15.1. The minimum Gasteiger partial charge on any atom is -0.467 e. The molecule has 1 saturated heterocycles. The van der Waals surface area contributed by atoms with Gasteiger partial charge in [-0.3, -0.25) is 10.00 Å². The number of carbonyl (C=O) groups excluding carboxylic acids is 1. The van der Waals surface area contributed by atoms with Gasteiger partial charge in [0.25, 0.3) is 0 Å². The van der Waals surface area contributed by atoms with Crippen molar-refractivity contribution in [3.05, 3.63) is 48.6 Å². The molecular formula is C19H22N4O4. The Morgan fingerprint density at radius 1 is 1.33 bits per heavy atom. The summed E-state index contributed by atoms with van der Waals surface area (Å²) in [6, 6.07) is 8.86. The molecule has 4 heterocycles. The third-order valence-electron chi connectivity index (χ3n) is 4.55. The van der Waals surface area contributed by atoms with E-state index in [1.54, 1.807) is 41.3 Å². The molecule has 8 heteroatoms. The van der Waals surface area contributed by atoms with E-state index in [2.05, 4.69) is 10.4 Å². The molecule has 4 rings (SSSR count). The molecule has 0 bridgehead atoms. The van der Waals surface area contributed by atoms with E-state index in [1.807, 2.05) is 18.2 Å². The highest BCUT2D eigenvalue weighted by Crippen LogP contribution is 2.22. The van der Waals surface area contributed by atoms with Gasteiger partial charge in [-0.2, -0.15) is 5.10 Å². The smallest absolute Gasteiger partial charge is 0.323 e. The first-order chi connectivity index (χ1) is 13.2. The molecule has 27 heavy (non-hydrogen) atoms. The number of aromatic nitrogens is 2. The summed E-state index contributed by atoms with van der Waals surface area (Å²) in [4.78, 5) is 14.6. The fourth-order valence-corrected chi connectivity index (χ4v) is 3.16. The van der Waals surface area contributed by atoms with Crippen LogP contribution in [0.3, 0.4) is 0 Å². The second kappa shape index (κ2) is 7.71. The summed E-state index contributed by atoms with van der Waals surface area (Å²) in [5.74, 6) is 1.96. The number of furan rings is 2. The van der Waals surface area contributed by atoms with Gasteiger partial charge in [0, 0.05) is 26.3 Å². The minimum absolute atomic E-state index is 0.0518. The van der Waals surface area contributed by atoms with E-state index in [9.17, 15) is 4.79 Å². The number of nitrogens with zero attached hydrogens (tertiary/aromatic N) is 3. The third kappa shape index (κ3) is 4.06. The van der Waals surface area contributed by atoms with E-state index in [1.165, 1.54) is 0 Å². The van der Waals surface area contributed by atoms with Crippen LogP contribution in [0.4, 0.5) is 10.6 Å². The van der Waals surface area contributed by atoms with Crippen molar-refractivity contribution in [1.82, 2.24) is 14.7 Å². The van der Waals surface area contributed by atoms with Crippen LogP contribution in [0, 0.1) is 0 Å². The van der Waals surface area contributed by atoms with E-state index in [-0.39, 0.29) is 12.1 Å². The first-order valence-corrected chi connectivity index (χ1v) is 8.97. The number of carbonyl (C=O) groups is 1. The standard InChI is InChI=1S/C19H22N4O4/c1-22-18(11-16(21-22)17-7-4-10-27-17)20-19(24)23(12-14-5-2-8-25-14)13-15-6-3-9-26-15/h2,4-5,7-8,10-11,15H,3,6,9,12-13H2,1H3,(H,20,24). The van der Waals surface area contributed by atoms with Crippen LogP contribution in [0.2, 0.25) is 0 Å². The van der Waals surface area contributed by atoms with E-state index < -0.39 is 0 Å². The van der Waals surface area contributed by atoms with Crippen molar-refractivity contribution in [3.8, 4) is 11.5 Å². The molecule has 3 aromatic rings. The zero-order chi connectivity index (χ0) is 18.6. The maximum Gasteiger partial charge on any atom is 0.323 e. The molecule has 3 aromatic heterocycles. The molecule has 1 aliphatic heterocycles. The summed E-state index contributed by atoms with van der Waals surface area (Å²) >= 11 is 0. The number of hydrogen-bond acceptors (Lipinski definition) is 5. The van der Waals surface area contributed by atoms with Crippen molar-refractivity contribution in [2.24, 2.45) is 7.05 Å². The Hall–Kier alpha value is -3.00. The zero-order valence-corrected chi connectivity index (χ0v) is 15.1. The normalized spacial score (nSPS) is 16.6. The number of anilines is 1. The first-order valence-electron chi connectivity index (χ1n) is 8.97. The molecule has 8 nitrogen and oxygen atoms in total. The summed E-state index contributed by atoms with van der Waals surface area (Å²) in [6.45, 7) is 1.63. The van der Waals surface area contributed by atoms with Crippen LogP contribution >= 0.6 is 0 Å². The van der Waals surface area contributed by atoms with Gasteiger partial charge in [0.1, 0.15) is 17.3 Å². The lowest BCUT2D eigenvalue weighted by atomic mass is 10.2. The number of ether oxygens (including phenoxy) is 1. The lowest BCUT2D eigenvalue weighted by Crippen LogP contribution is -2.39. The second-order valence-corrected chi connectivity index (χ2v) is 6.54. The van der Waals surface area contributed by atoms with Crippen molar-refractivity contribution >= 4 is 11.8 Å². The Kier molecular flexibility index (Phi) is 4.97. The van der Waals surface area contributed by atoms with Crippen LogP contribution in [0.25, 0.3) is 11.5 Å². The maximum absolute atomic E-state index is 12.9. The van der Waals surface area contributed by atoms with Crippen LogP contribution < -0.4 is 5.32 Å². The third-order valence-corrected chi connectivity index (χ3v) is 4.55. The van der Waals surface area contributed by atoms with Gasteiger partial charge in [0.15, 0.2) is 5.76 Å². The van der Waals surface area contributed by atoms with Crippen molar-refractivity contribution < 1.29 is 18.4 Å². The average molecular weight is 370 g/mol. The number of nitrogens with one attached hydrogen (secondary N) is 1. The lowest BCUT2D eigenvalue weighted by molar-refractivity contribution is 0.0802. The predicted molar refractivity (Wildman–Crippen MR) is 98.0 cm³/mol. The molecule has 0 radical (unpaired) electrons. The summed E-state index contributed by atoms with van der Waals surface area (Å²) in [6.07, 6.45) is 5.23. The van der Waals surface area contributed by atoms with Gasteiger partial charge in [-0.1, -0.05) is 0 Å². The fraction of sp³-hybridized carbons (Fsp3) is 0.368. The van der Waals surface area contributed by atoms with Crippen LogP contribution in [-0.4, -0.2) is 40.0 Å². The summed E-state index contributed by atoms with van der Waals surface area (Å²) in [5, 5.41) is 7.32. The Balaban J connectivity index is 1.48. The first kappa shape index (κ1) is 17.4. The number of hydrogen-bond donors (Lipinski definition) is 1. The quantitative estimate of drug-likeness (QED) is 0.718. The van der Waals surface area contributed by atoms with Gasteiger partial charge < -0.3 is 18.5 Å². The van der Waals surface area contributed by atoms with E-state index in [4.69, 9.17) is 13.6 Å². The van der Waals surface area contributed by atoms with Crippen molar-refractivity contribution in [2.75, 3.05) is 18.5 Å². The largest absolute Gasteiger partial charge is 0.467 e. The van der Waals surface area contributed by atoms with Gasteiger partial charge in [-0.25, -0.2) is 4.79 Å². The van der Waals surface area contributed by atoms with E-state index in [0.717, 1.165) is 25.2 Å². The molecule has 1 N–H and O–H groups in total. The SMILES string of the molecule is Cn1nc(-c2ccco2)cc1NC(=O)N(Cc1ccco1)CC1CCCO1. The topological polar surface area (TPSA) is 85.7 Å².